The number of nitrogens with one attached hydrogen (secondary N) is 1. The van der Waals surface area contributed by atoms with Crippen LogP contribution in [-0.4, -0.2) is 32.1 Å². The molecule has 1 unspecified atom stereocenters. The SMILES string of the molecule is COC(=O)CCC(N)c1ccc2c(c1)C(=O)NCCO2. The molecule has 1 amide bonds. The summed E-state index contributed by atoms with van der Waals surface area (Å²) in [6, 6.07) is 4.96. The molecule has 1 aliphatic rings. The van der Waals surface area contributed by atoms with Gasteiger partial charge in [-0.05, 0) is 24.1 Å². The van der Waals surface area contributed by atoms with Crippen LogP contribution in [0.15, 0.2) is 18.2 Å². The van der Waals surface area contributed by atoms with Gasteiger partial charge in [0.15, 0.2) is 0 Å². The van der Waals surface area contributed by atoms with Gasteiger partial charge in [-0.25, -0.2) is 0 Å². The van der Waals surface area contributed by atoms with Crippen LogP contribution in [0.4, 0.5) is 0 Å². The summed E-state index contributed by atoms with van der Waals surface area (Å²) in [5.41, 5.74) is 7.31. The first-order valence-corrected chi connectivity index (χ1v) is 6.49. The van der Waals surface area contributed by atoms with Gasteiger partial charge in [-0.3, -0.25) is 9.59 Å². The Bertz CT molecular complexity index is 516. The van der Waals surface area contributed by atoms with E-state index in [1.165, 1.54) is 7.11 Å². The average Bonchev–Trinajstić information content (AvgIpc) is 2.66. The van der Waals surface area contributed by atoms with Crippen molar-refractivity contribution in [1.82, 2.24) is 5.32 Å². The largest absolute Gasteiger partial charge is 0.491 e. The van der Waals surface area contributed by atoms with Crippen LogP contribution in [0.3, 0.4) is 0 Å². The van der Waals surface area contributed by atoms with Crippen molar-refractivity contribution >= 4 is 11.9 Å². The van der Waals surface area contributed by atoms with Crippen molar-refractivity contribution in [2.24, 2.45) is 5.73 Å². The molecule has 0 spiro atoms. The van der Waals surface area contributed by atoms with E-state index in [-0.39, 0.29) is 24.3 Å². The molecule has 1 aromatic carbocycles. The van der Waals surface area contributed by atoms with Crippen molar-refractivity contribution in [3.05, 3.63) is 29.3 Å². The third-order valence-corrected chi connectivity index (χ3v) is 3.21. The number of ether oxygens (including phenoxy) is 2. The van der Waals surface area contributed by atoms with E-state index >= 15 is 0 Å². The molecule has 0 saturated heterocycles. The second-order valence-electron chi connectivity index (χ2n) is 4.58. The molecule has 108 valence electrons. The second kappa shape index (κ2) is 6.38. The van der Waals surface area contributed by atoms with E-state index in [4.69, 9.17) is 10.5 Å². The highest BCUT2D eigenvalue weighted by molar-refractivity contribution is 5.97. The monoisotopic (exact) mass is 278 g/mol. The molecule has 6 heteroatoms. The zero-order valence-electron chi connectivity index (χ0n) is 11.3. The van der Waals surface area contributed by atoms with Crippen molar-refractivity contribution in [3.8, 4) is 5.75 Å². The van der Waals surface area contributed by atoms with Crippen LogP contribution in [0.2, 0.25) is 0 Å². The molecule has 0 aromatic heterocycles. The lowest BCUT2D eigenvalue weighted by Crippen LogP contribution is -2.24. The highest BCUT2D eigenvalue weighted by Gasteiger charge is 2.18. The third-order valence-electron chi connectivity index (χ3n) is 3.21. The summed E-state index contributed by atoms with van der Waals surface area (Å²) in [5.74, 6) is 0.0970. The van der Waals surface area contributed by atoms with E-state index in [9.17, 15) is 9.59 Å². The highest BCUT2D eigenvalue weighted by atomic mass is 16.5. The predicted molar refractivity (Wildman–Crippen MR) is 72.4 cm³/mol. The number of rotatable bonds is 4. The molecule has 0 bridgehead atoms. The van der Waals surface area contributed by atoms with Crippen LogP contribution in [0.1, 0.15) is 34.8 Å². The third kappa shape index (κ3) is 3.27. The van der Waals surface area contributed by atoms with Gasteiger partial charge in [-0.15, -0.1) is 0 Å². The maximum atomic E-state index is 11.9. The molecule has 3 N–H and O–H groups in total. The molecule has 0 aliphatic carbocycles. The van der Waals surface area contributed by atoms with Crippen LogP contribution in [0.5, 0.6) is 5.75 Å². The van der Waals surface area contributed by atoms with Gasteiger partial charge in [0.25, 0.3) is 5.91 Å². The first-order chi connectivity index (χ1) is 9.61. The Hall–Kier alpha value is -2.08. The lowest BCUT2D eigenvalue weighted by atomic mass is 10.00. The van der Waals surface area contributed by atoms with Gasteiger partial charge in [-0.2, -0.15) is 0 Å². The Morgan fingerprint density at radius 3 is 3.10 bits per heavy atom. The Labute approximate surface area is 117 Å². The number of hydrogen-bond acceptors (Lipinski definition) is 5. The summed E-state index contributed by atoms with van der Waals surface area (Å²) in [5, 5.41) is 2.75. The Balaban J connectivity index is 2.13. The molecule has 0 radical (unpaired) electrons. The van der Waals surface area contributed by atoms with Gasteiger partial charge >= 0.3 is 5.97 Å². The van der Waals surface area contributed by atoms with Crippen LogP contribution in [-0.2, 0) is 9.53 Å². The quantitative estimate of drug-likeness (QED) is 0.794. The number of benzene rings is 1. The van der Waals surface area contributed by atoms with E-state index in [1.54, 1.807) is 12.1 Å². The predicted octanol–water partition coefficient (Wildman–Crippen LogP) is 0.762. The smallest absolute Gasteiger partial charge is 0.305 e. The van der Waals surface area contributed by atoms with Gasteiger partial charge in [0.1, 0.15) is 12.4 Å². The van der Waals surface area contributed by atoms with E-state index in [2.05, 4.69) is 10.1 Å². The lowest BCUT2D eigenvalue weighted by molar-refractivity contribution is -0.140. The summed E-state index contributed by atoms with van der Waals surface area (Å²) < 4.78 is 10.1. The number of carbonyl (C=O) groups excluding carboxylic acids is 2. The maximum absolute atomic E-state index is 11.9. The summed E-state index contributed by atoms with van der Waals surface area (Å²) in [7, 11) is 1.35. The first-order valence-electron chi connectivity index (χ1n) is 6.49. The van der Waals surface area contributed by atoms with Crippen molar-refractivity contribution in [2.45, 2.75) is 18.9 Å². The number of hydrogen-bond donors (Lipinski definition) is 2. The maximum Gasteiger partial charge on any atom is 0.305 e. The highest BCUT2D eigenvalue weighted by Crippen LogP contribution is 2.25. The Morgan fingerprint density at radius 2 is 2.35 bits per heavy atom. The molecule has 1 atom stereocenters. The van der Waals surface area contributed by atoms with E-state index in [0.29, 0.717) is 30.9 Å². The number of amides is 1. The molecule has 1 aliphatic heterocycles. The Kier molecular flexibility index (Phi) is 4.57. The number of nitrogens with two attached hydrogens (primary N) is 1. The van der Waals surface area contributed by atoms with Crippen molar-refractivity contribution in [1.29, 1.82) is 0 Å². The summed E-state index contributed by atoms with van der Waals surface area (Å²) in [4.78, 5) is 23.0. The van der Waals surface area contributed by atoms with Crippen molar-refractivity contribution in [3.63, 3.8) is 0 Å². The number of methoxy groups -OCH3 is 1. The van der Waals surface area contributed by atoms with Crippen LogP contribution in [0, 0.1) is 0 Å². The van der Waals surface area contributed by atoms with Crippen molar-refractivity contribution < 1.29 is 19.1 Å². The molecule has 0 fully saturated rings. The normalized spacial score (nSPS) is 15.4. The van der Waals surface area contributed by atoms with Gasteiger partial charge < -0.3 is 20.5 Å². The van der Waals surface area contributed by atoms with E-state index in [1.807, 2.05) is 6.07 Å². The van der Waals surface area contributed by atoms with Gasteiger partial charge in [0.05, 0.1) is 19.2 Å². The molecule has 0 saturated carbocycles. The van der Waals surface area contributed by atoms with Gasteiger partial charge in [0, 0.05) is 12.5 Å². The fraction of sp³-hybridized carbons (Fsp3) is 0.429. The van der Waals surface area contributed by atoms with E-state index in [0.717, 1.165) is 5.56 Å². The average molecular weight is 278 g/mol. The summed E-state index contributed by atoms with van der Waals surface area (Å²) >= 11 is 0. The topological polar surface area (TPSA) is 90.7 Å². The molecule has 1 aromatic rings. The van der Waals surface area contributed by atoms with Crippen molar-refractivity contribution in [2.75, 3.05) is 20.3 Å². The zero-order chi connectivity index (χ0) is 14.5. The summed E-state index contributed by atoms with van der Waals surface area (Å²) in [6.07, 6.45) is 0.714. The Morgan fingerprint density at radius 1 is 1.55 bits per heavy atom. The first kappa shape index (κ1) is 14.3. The van der Waals surface area contributed by atoms with Crippen LogP contribution >= 0.6 is 0 Å². The minimum Gasteiger partial charge on any atom is -0.491 e. The lowest BCUT2D eigenvalue weighted by Gasteiger charge is -2.13. The molecule has 20 heavy (non-hydrogen) atoms. The molecule has 6 nitrogen and oxygen atoms in total. The summed E-state index contributed by atoms with van der Waals surface area (Å²) in [6.45, 7) is 0.934. The second-order valence-corrected chi connectivity index (χ2v) is 4.58. The molecule has 2 rings (SSSR count). The van der Waals surface area contributed by atoms with E-state index < -0.39 is 0 Å². The minimum atomic E-state index is -0.324. The standard InChI is InChI=1S/C14H18N2O4/c1-19-13(17)5-3-11(15)9-2-4-12-10(8-9)14(18)16-6-7-20-12/h2,4,8,11H,3,5-7,15H2,1H3,(H,16,18). The minimum absolute atomic E-state index is 0.167. The van der Waals surface area contributed by atoms with Gasteiger partial charge in [-0.1, -0.05) is 6.07 Å². The number of fused-ring (bicyclic) bond motifs is 1. The molecular formula is C14H18N2O4. The number of carbonyl (C=O) groups is 2. The van der Waals surface area contributed by atoms with Gasteiger partial charge in [0.2, 0.25) is 0 Å². The molecular weight excluding hydrogens is 260 g/mol. The fourth-order valence-corrected chi connectivity index (χ4v) is 2.04. The van der Waals surface area contributed by atoms with Crippen LogP contribution < -0.4 is 15.8 Å². The zero-order valence-corrected chi connectivity index (χ0v) is 11.3. The molecule has 1 heterocycles. The fourth-order valence-electron chi connectivity index (χ4n) is 2.04. The van der Waals surface area contributed by atoms with Crippen LogP contribution in [0.25, 0.3) is 0 Å². The number of esters is 1.